The lowest BCUT2D eigenvalue weighted by molar-refractivity contribution is -0.132. The molecule has 35 heavy (non-hydrogen) atoms. The Balaban J connectivity index is 1.94. The molecule has 1 aliphatic rings. The van der Waals surface area contributed by atoms with Gasteiger partial charge in [-0.15, -0.1) is 0 Å². The molecular weight excluding hydrogens is 446 g/mol. The number of ketones is 1. The molecule has 1 saturated heterocycles. The van der Waals surface area contributed by atoms with Gasteiger partial charge in [0.25, 0.3) is 11.7 Å². The third kappa shape index (κ3) is 4.25. The Labute approximate surface area is 203 Å². The van der Waals surface area contributed by atoms with E-state index in [1.807, 2.05) is 25.1 Å². The summed E-state index contributed by atoms with van der Waals surface area (Å²) in [5.41, 5.74) is 2.45. The lowest BCUT2D eigenvalue weighted by Crippen LogP contribution is -2.29. The number of nitrogens with zero attached hydrogens (tertiary/aromatic N) is 1. The van der Waals surface area contributed by atoms with Gasteiger partial charge in [0, 0.05) is 11.3 Å². The molecule has 1 N–H and O–H groups in total. The number of rotatable bonds is 4. The van der Waals surface area contributed by atoms with Crippen LogP contribution in [0, 0.1) is 6.92 Å². The number of Topliss-reactive ketones (excluding diaryl/α,β-unsaturated/α-hetero) is 1. The SMILES string of the molecule is COC(=O)c1cccc(N2C(=O)C(=O)/C(=C(/O)c3cc(C(C)(C)C)ccc3C)C2c2ccco2)c1. The number of carbonyl (C=O) groups is 3. The zero-order chi connectivity index (χ0) is 25.5. The number of furan rings is 1. The highest BCUT2D eigenvalue weighted by atomic mass is 16.5. The maximum atomic E-state index is 13.3. The first-order valence-corrected chi connectivity index (χ1v) is 11.2. The fourth-order valence-corrected chi connectivity index (χ4v) is 4.20. The van der Waals surface area contributed by atoms with Gasteiger partial charge in [0.15, 0.2) is 0 Å². The minimum absolute atomic E-state index is 0.0809. The van der Waals surface area contributed by atoms with Crippen molar-refractivity contribution in [2.24, 2.45) is 0 Å². The van der Waals surface area contributed by atoms with Crippen LogP contribution in [0.1, 0.15) is 59.6 Å². The topological polar surface area (TPSA) is 97.0 Å². The second kappa shape index (κ2) is 8.91. The quantitative estimate of drug-likeness (QED) is 0.239. The molecule has 0 aliphatic carbocycles. The van der Waals surface area contributed by atoms with Gasteiger partial charge in [0.1, 0.15) is 17.6 Å². The minimum Gasteiger partial charge on any atom is -0.507 e. The third-order valence-corrected chi connectivity index (χ3v) is 6.16. The molecule has 0 radical (unpaired) electrons. The standard InChI is InChI=1S/C28H27NO6/c1-16-11-12-18(28(2,3)4)15-20(16)24(30)22-23(21-10-7-13-35-21)29(26(32)25(22)31)19-9-6-8-17(14-19)27(33)34-5/h6-15,23,30H,1-5H3/b24-22+. The minimum atomic E-state index is -1.02. The van der Waals surface area contributed by atoms with Gasteiger partial charge in [-0.25, -0.2) is 4.79 Å². The molecule has 180 valence electrons. The number of esters is 1. The van der Waals surface area contributed by atoms with Crippen molar-refractivity contribution in [1.29, 1.82) is 0 Å². The van der Waals surface area contributed by atoms with E-state index in [0.717, 1.165) is 11.1 Å². The summed E-state index contributed by atoms with van der Waals surface area (Å²) in [4.78, 5) is 40.0. The number of ether oxygens (including phenoxy) is 1. The van der Waals surface area contributed by atoms with E-state index in [4.69, 9.17) is 9.15 Å². The van der Waals surface area contributed by atoms with Gasteiger partial charge in [-0.3, -0.25) is 14.5 Å². The van der Waals surface area contributed by atoms with E-state index in [9.17, 15) is 19.5 Å². The van der Waals surface area contributed by atoms with Crippen LogP contribution in [0.15, 0.2) is 70.9 Å². The second-order valence-corrected chi connectivity index (χ2v) is 9.51. The molecule has 0 spiro atoms. The Morgan fingerprint density at radius 2 is 1.80 bits per heavy atom. The van der Waals surface area contributed by atoms with Gasteiger partial charge < -0.3 is 14.3 Å². The van der Waals surface area contributed by atoms with Crippen molar-refractivity contribution < 1.29 is 28.6 Å². The molecule has 1 aliphatic heterocycles. The van der Waals surface area contributed by atoms with Gasteiger partial charge in [-0.1, -0.05) is 39.0 Å². The summed E-state index contributed by atoms with van der Waals surface area (Å²) in [6.07, 6.45) is 1.44. The summed E-state index contributed by atoms with van der Waals surface area (Å²) >= 11 is 0. The highest BCUT2D eigenvalue weighted by molar-refractivity contribution is 6.51. The Morgan fingerprint density at radius 1 is 1.06 bits per heavy atom. The highest BCUT2D eigenvalue weighted by Gasteiger charge is 2.48. The summed E-state index contributed by atoms with van der Waals surface area (Å²) in [5.74, 6) is -2.22. The largest absolute Gasteiger partial charge is 0.507 e. The maximum Gasteiger partial charge on any atom is 0.337 e. The molecule has 0 bridgehead atoms. The molecule has 2 aromatic carbocycles. The van der Waals surface area contributed by atoms with E-state index in [2.05, 4.69) is 20.8 Å². The van der Waals surface area contributed by atoms with Crippen LogP contribution in [-0.4, -0.2) is 29.9 Å². The number of amides is 1. The number of methoxy groups -OCH3 is 1. The number of hydrogen-bond acceptors (Lipinski definition) is 6. The lowest BCUT2D eigenvalue weighted by Gasteiger charge is -2.24. The van der Waals surface area contributed by atoms with Crippen molar-refractivity contribution in [3.63, 3.8) is 0 Å². The number of anilines is 1. The number of carbonyl (C=O) groups excluding carboxylic acids is 3. The van der Waals surface area contributed by atoms with Crippen LogP contribution in [0.25, 0.3) is 5.76 Å². The Morgan fingerprint density at radius 3 is 2.43 bits per heavy atom. The predicted molar refractivity (Wildman–Crippen MR) is 131 cm³/mol. The van der Waals surface area contributed by atoms with Gasteiger partial charge in [0.2, 0.25) is 0 Å². The van der Waals surface area contributed by atoms with Crippen molar-refractivity contribution in [3.8, 4) is 0 Å². The molecule has 2 heterocycles. The summed E-state index contributed by atoms with van der Waals surface area (Å²) in [6, 6.07) is 14.2. The Bertz CT molecular complexity index is 1340. The maximum absolute atomic E-state index is 13.3. The molecule has 1 atom stereocenters. The van der Waals surface area contributed by atoms with Crippen molar-refractivity contribution in [3.05, 3.63) is 94.4 Å². The molecule has 7 nitrogen and oxygen atoms in total. The molecule has 0 saturated carbocycles. The Hall–Kier alpha value is -4.13. The molecule has 7 heteroatoms. The predicted octanol–water partition coefficient (Wildman–Crippen LogP) is 5.30. The van der Waals surface area contributed by atoms with Crippen LogP contribution < -0.4 is 4.90 Å². The fourth-order valence-electron chi connectivity index (χ4n) is 4.20. The smallest absolute Gasteiger partial charge is 0.337 e. The monoisotopic (exact) mass is 473 g/mol. The van der Waals surface area contributed by atoms with E-state index in [0.29, 0.717) is 17.0 Å². The fraction of sp³-hybridized carbons (Fsp3) is 0.250. The number of aryl methyl sites for hydroxylation is 1. The first-order chi connectivity index (χ1) is 16.5. The summed E-state index contributed by atoms with van der Waals surface area (Å²) in [7, 11) is 1.26. The zero-order valence-corrected chi connectivity index (χ0v) is 20.3. The lowest BCUT2D eigenvalue weighted by atomic mass is 9.84. The van der Waals surface area contributed by atoms with Gasteiger partial charge in [-0.2, -0.15) is 0 Å². The van der Waals surface area contributed by atoms with E-state index >= 15 is 0 Å². The molecule has 3 aromatic rings. The molecule has 4 rings (SSSR count). The summed E-state index contributed by atoms with van der Waals surface area (Å²) < 4.78 is 10.4. The average molecular weight is 474 g/mol. The second-order valence-electron chi connectivity index (χ2n) is 9.51. The van der Waals surface area contributed by atoms with Crippen molar-refractivity contribution in [1.82, 2.24) is 0 Å². The first kappa shape index (κ1) is 24.0. The van der Waals surface area contributed by atoms with Crippen LogP contribution in [0.4, 0.5) is 5.69 Å². The molecule has 1 unspecified atom stereocenters. The number of benzene rings is 2. The Kier molecular flexibility index (Phi) is 6.11. The highest BCUT2D eigenvalue weighted by Crippen LogP contribution is 2.43. The van der Waals surface area contributed by atoms with Gasteiger partial charge in [0.05, 0.1) is 24.5 Å². The van der Waals surface area contributed by atoms with Crippen molar-refractivity contribution in [2.45, 2.75) is 39.2 Å². The number of aliphatic hydroxyl groups excluding tert-OH is 1. The third-order valence-electron chi connectivity index (χ3n) is 6.16. The van der Waals surface area contributed by atoms with Crippen molar-refractivity contribution >= 4 is 29.1 Å². The van der Waals surface area contributed by atoms with Gasteiger partial charge >= 0.3 is 5.97 Å². The van der Waals surface area contributed by atoms with Crippen molar-refractivity contribution in [2.75, 3.05) is 12.0 Å². The van der Waals surface area contributed by atoms with E-state index in [1.165, 1.54) is 24.3 Å². The number of hydrogen-bond donors (Lipinski definition) is 1. The average Bonchev–Trinajstić information content (AvgIpc) is 3.44. The molecule has 1 aromatic heterocycles. The van der Waals surface area contributed by atoms with Crippen LogP contribution in [-0.2, 0) is 19.7 Å². The zero-order valence-electron chi connectivity index (χ0n) is 20.3. The molecule has 1 fully saturated rings. The van der Waals surface area contributed by atoms with Gasteiger partial charge in [-0.05, 0) is 59.9 Å². The van der Waals surface area contributed by atoms with E-state index < -0.39 is 23.7 Å². The van der Waals surface area contributed by atoms with Crippen LogP contribution in [0.3, 0.4) is 0 Å². The van der Waals surface area contributed by atoms with Crippen LogP contribution in [0.2, 0.25) is 0 Å². The molecule has 1 amide bonds. The number of aliphatic hydroxyl groups is 1. The van der Waals surface area contributed by atoms with Crippen LogP contribution in [0.5, 0.6) is 0 Å². The summed E-state index contributed by atoms with van der Waals surface area (Å²) in [5, 5.41) is 11.5. The molecular formula is C28H27NO6. The normalized spacial score (nSPS) is 17.6. The first-order valence-electron chi connectivity index (χ1n) is 11.2. The summed E-state index contributed by atoms with van der Waals surface area (Å²) in [6.45, 7) is 7.99. The van der Waals surface area contributed by atoms with E-state index in [1.54, 1.807) is 30.3 Å². The van der Waals surface area contributed by atoms with Crippen LogP contribution >= 0.6 is 0 Å². The van der Waals surface area contributed by atoms with E-state index in [-0.39, 0.29) is 22.3 Å².